The average Bonchev–Trinajstić information content (AvgIpc) is 3.58. The van der Waals surface area contributed by atoms with Crippen LogP contribution in [-0.2, 0) is 11.2 Å². The molecular weight excluding hydrogens is 396 g/mol. The van der Waals surface area contributed by atoms with Crippen LogP contribution in [0, 0.1) is 0 Å². The Kier molecular flexibility index (Phi) is 4.83. The Morgan fingerprint density at radius 2 is 2.06 bits per heavy atom. The second kappa shape index (κ2) is 7.94. The fourth-order valence-electron chi connectivity index (χ4n) is 3.73. The SMILES string of the molecule is CCC(Nc1nnnn1-c1ccccc1)C(=O)N1CCc2ccc(-c3nn[nH]n3)cc21. The minimum Gasteiger partial charge on any atom is -0.341 e. The molecule has 1 amide bonds. The zero-order valence-electron chi connectivity index (χ0n) is 16.8. The predicted octanol–water partition coefficient (Wildman–Crippen LogP) is 1.62. The van der Waals surface area contributed by atoms with Crippen LogP contribution in [0.1, 0.15) is 18.9 Å². The number of carbonyl (C=O) groups excluding carboxylic acids is 1. The number of carbonyl (C=O) groups is 1. The summed E-state index contributed by atoms with van der Waals surface area (Å²) >= 11 is 0. The van der Waals surface area contributed by atoms with E-state index >= 15 is 0 Å². The molecule has 156 valence electrons. The molecule has 2 aromatic carbocycles. The first-order chi connectivity index (χ1) is 15.2. The van der Waals surface area contributed by atoms with Crippen molar-refractivity contribution in [3.63, 3.8) is 0 Å². The van der Waals surface area contributed by atoms with Gasteiger partial charge in [0.25, 0.3) is 0 Å². The summed E-state index contributed by atoms with van der Waals surface area (Å²) in [5, 5.41) is 29.3. The van der Waals surface area contributed by atoms with Crippen LogP contribution in [-0.4, -0.2) is 59.3 Å². The van der Waals surface area contributed by atoms with Gasteiger partial charge in [0.15, 0.2) is 0 Å². The monoisotopic (exact) mass is 416 g/mol. The lowest BCUT2D eigenvalue weighted by molar-refractivity contribution is -0.119. The van der Waals surface area contributed by atoms with Gasteiger partial charge in [0, 0.05) is 17.8 Å². The molecule has 0 bridgehead atoms. The maximum Gasteiger partial charge on any atom is 0.249 e. The Hall–Kier alpha value is -4.15. The third-order valence-corrected chi connectivity index (χ3v) is 5.33. The number of hydrogen-bond acceptors (Lipinski definition) is 8. The number of amides is 1. The van der Waals surface area contributed by atoms with E-state index in [0.29, 0.717) is 24.7 Å². The number of aromatic amines is 1. The summed E-state index contributed by atoms with van der Waals surface area (Å²) in [5.41, 5.74) is 3.61. The Labute approximate surface area is 177 Å². The third-order valence-electron chi connectivity index (χ3n) is 5.33. The molecule has 11 heteroatoms. The molecule has 0 fully saturated rings. The van der Waals surface area contributed by atoms with Crippen molar-refractivity contribution < 1.29 is 4.79 Å². The fraction of sp³-hybridized carbons (Fsp3) is 0.250. The summed E-state index contributed by atoms with van der Waals surface area (Å²) in [7, 11) is 0. The molecule has 1 aliphatic rings. The minimum absolute atomic E-state index is 0.0332. The van der Waals surface area contributed by atoms with Gasteiger partial charge in [0.2, 0.25) is 17.7 Å². The lowest BCUT2D eigenvalue weighted by Gasteiger charge is -2.24. The van der Waals surface area contributed by atoms with Crippen LogP contribution in [0.4, 0.5) is 11.6 Å². The smallest absolute Gasteiger partial charge is 0.249 e. The molecule has 1 aliphatic heterocycles. The largest absolute Gasteiger partial charge is 0.341 e. The summed E-state index contributed by atoms with van der Waals surface area (Å²) < 4.78 is 1.59. The molecule has 0 saturated carbocycles. The van der Waals surface area contributed by atoms with E-state index in [1.54, 1.807) is 9.58 Å². The predicted molar refractivity (Wildman–Crippen MR) is 113 cm³/mol. The van der Waals surface area contributed by atoms with Crippen LogP contribution in [0.5, 0.6) is 0 Å². The van der Waals surface area contributed by atoms with Gasteiger partial charge in [-0.05, 0) is 52.2 Å². The highest BCUT2D eigenvalue weighted by Crippen LogP contribution is 2.32. The van der Waals surface area contributed by atoms with Crippen molar-refractivity contribution in [1.29, 1.82) is 0 Å². The average molecular weight is 416 g/mol. The Morgan fingerprint density at radius 1 is 1.19 bits per heavy atom. The molecular formula is C20H20N10O. The number of rotatable bonds is 6. The van der Waals surface area contributed by atoms with Crippen molar-refractivity contribution >= 4 is 17.5 Å². The Bertz CT molecular complexity index is 1190. The van der Waals surface area contributed by atoms with Crippen molar-refractivity contribution in [2.24, 2.45) is 0 Å². The van der Waals surface area contributed by atoms with E-state index in [0.717, 1.165) is 28.9 Å². The molecule has 0 spiro atoms. The highest BCUT2D eigenvalue weighted by Gasteiger charge is 2.31. The quantitative estimate of drug-likeness (QED) is 0.485. The van der Waals surface area contributed by atoms with Crippen molar-refractivity contribution in [2.75, 3.05) is 16.8 Å². The standard InChI is InChI=1S/C20H20N10O/c1-2-16(21-20-24-27-28-30(20)15-6-4-3-5-7-15)19(31)29-11-10-13-8-9-14(12-17(13)29)18-22-25-26-23-18/h3-9,12,16H,2,10-11H2,1H3,(H,21,24,28)(H,22,23,25,26). The first-order valence-electron chi connectivity index (χ1n) is 10.0. The maximum absolute atomic E-state index is 13.4. The van der Waals surface area contributed by atoms with E-state index < -0.39 is 6.04 Å². The zero-order chi connectivity index (χ0) is 21.2. The van der Waals surface area contributed by atoms with Crippen LogP contribution < -0.4 is 10.2 Å². The summed E-state index contributed by atoms with van der Waals surface area (Å²) in [6, 6.07) is 15.0. The zero-order valence-corrected chi connectivity index (χ0v) is 16.8. The van der Waals surface area contributed by atoms with Gasteiger partial charge in [-0.3, -0.25) is 4.79 Å². The van der Waals surface area contributed by atoms with Gasteiger partial charge in [-0.2, -0.15) is 9.90 Å². The van der Waals surface area contributed by atoms with Crippen LogP contribution in [0.15, 0.2) is 48.5 Å². The summed E-state index contributed by atoms with van der Waals surface area (Å²) in [6.07, 6.45) is 1.38. The normalized spacial score (nSPS) is 13.8. The number of hydrogen-bond donors (Lipinski definition) is 2. The number of para-hydroxylation sites is 1. The summed E-state index contributed by atoms with van der Waals surface area (Å²) in [5.74, 6) is 0.884. The number of aromatic nitrogens is 8. The highest BCUT2D eigenvalue weighted by molar-refractivity contribution is 6.00. The first kappa shape index (κ1) is 18.9. The van der Waals surface area contributed by atoms with E-state index in [-0.39, 0.29) is 5.91 Å². The minimum atomic E-state index is -0.478. The molecule has 31 heavy (non-hydrogen) atoms. The van der Waals surface area contributed by atoms with Gasteiger partial charge < -0.3 is 10.2 Å². The second-order valence-electron chi connectivity index (χ2n) is 7.17. The molecule has 2 N–H and O–H groups in total. The van der Waals surface area contributed by atoms with E-state index in [2.05, 4.69) is 41.5 Å². The van der Waals surface area contributed by atoms with Gasteiger partial charge >= 0.3 is 0 Å². The molecule has 2 aromatic heterocycles. The molecule has 11 nitrogen and oxygen atoms in total. The first-order valence-corrected chi connectivity index (χ1v) is 10.0. The lowest BCUT2D eigenvalue weighted by Crippen LogP contribution is -2.42. The number of nitrogens with zero attached hydrogens (tertiary/aromatic N) is 8. The fourth-order valence-corrected chi connectivity index (χ4v) is 3.73. The lowest BCUT2D eigenvalue weighted by atomic mass is 10.1. The van der Waals surface area contributed by atoms with Crippen LogP contribution in [0.25, 0.3) is 17.1 Å². The molecule has 5 rings (SSSR count). The van der Waals surface area contributed by atoms with Gasteiger partial charge in [0.1, 0.15) is 6.04 Å². The number of tetrazole rings is 2. The molecule has 0 saturated heterocycles. The van der Waals surface area contributed by atoms with Crippen LogP contribution in [0.3, 0.4) is 0 Å². The highest BCUT2D eigenvalue weighted by atomic mass is 16.2. The van der Waals surface area contributed by atoms with Crippen molar-refractivity contribution in [2.45, 2.75) is 25.8 Å². The van der Waals surface area contributed by atoms with E-state index in [1.807, 2.05) is 55.5 Å². The van der Waals surface area contributed by atoms with E-state index in [9.17, 15) is 4.79 Å². The van der Waals surface area contributed by atoms with Gasteiger partial charge in [-0.25, -0.2) is 0 Å². The van der Waals surface area contributed by atoms with E-state index in [1.165, 1.54) is 0 Å². The maximum atomic E-state index is 13.4. The number of H-pyrrole nitrogens is 1. The van der Waals surface area contributed by atoms with Crippen molar-refractivity contribution in [1.82, 2.24) is 40.8 Å². The van der Waals surface area contributed by atoms with Crippen LogP contribution >= 0.6 is 0 Å². The summed E-state index contributed by atoms with van der Waals surface area (Å²) in [4.78, 5) is 15.2. The number of anilines is 2. The molecule has 1 unspecified atom stereocenters. The molecule has 3 heterocycles. The second-order valence-corrected chi connectivity index (χ2v) is 7.17. The topological polar surface area (TPSA) is 130 Å². The summed E-state index contributed by atoms with van der Waals surface area (Å²) in [6.45, 7) is 2.57. The number of nitrogens with one attached hydrogen (secondary N) is 2. The Morgan fingerprint density at radius 3 is 2.84 bits per heavy atom. The van der Waals surface area contributed by atoms with Crippen molar-refractivity contribution in [3.8, 4) is 17.1 Å². The van der Waals surface area contributed by atoms with Gasteiger partial charge in [0.05, 0.1) is 5.69 Å². The third kappa shape index (κ3) is 3.50. The van der Waals surface area contributed by atoms with E-state index in [4.69, 9.17) is 0 Å². The van der Waals surface area contributed by atoms with Crippen molar-refractivity contribution in [3.05, 3.63) is 54.1 Å². The van der Waals surface area contributed by atoms with Crippen LogP contribution in [0.2, 0.25) is 0 Å². The van der Waals surface area contributed by atoms with Gasteiger partial charge in [-0.1, -0.05) is 42.4 Å². The number of benzene rings is 2. The molecule has 0 aliphatic carbocycles. The molecule has 4 aromatic rings. The molecule has 1 atom stereocenters. The Balaban J connectivity index is 1.40. The van der Waals surface area contributed by atoms with Gasteiger partial charge in [-0.15, -0.1) is 10.2 Å². The molecule has 0 radical (unpaired) electrons. The number of fused-ring (bicyclic) bond motifs is 1.